The molecule has 1 aliphatic rings. The van der Waals surface area contributed by atoms with Crippen LogP contribution in [-0.2, 0) is 6.42 Å². The van der Waals surface area contributed by atoms with Crippen LogP contribution in [0.25, 0.3) is 32.5 Å². The minimum Gasteiger partial charge on any atom is -0.383 e. The van der Waals surface area contributed by atoms with E-state index >= 15 is 0 Å². The van der Waals surface area contributed by atoms with Crippen LogP contribution < -0.4 is 11.1 Å². The molecule has 0 unspecified atom stereocenters. The van der Waals surface area contributed by atoms with Crippen LogP contribution in [0.1, 0.15) is 15.9 Å². The Morgan fingerprint density at radius 1 is 0.963 bits per heavy atom. The molecule has 5 nitrogen and oxygen atoms in total. The Hall–Kier alpha value is -3.25. The highest BCUT2D eigenvalue weighted by Crippen LogP contribution is 2.33. The van der Waals surface area contributed by atoms with Crippen LogP contribution in [0.15, 0.2) is 54.2 Å². The van der Waals surface area contributed by atoms with Crippen molar-refractivity contribution in [2.75, 3.05) is 12.3 Å². The Bertz CT molecular complexity index is 1200. The molecular formula is C21H16N4OS. The zero-order chi connectivity index (χ0) is 18.4. The number of carbonyl (C=O) groups excluding carboxylic acids is 1. The number of nitrogens with zero attached hydrogens (tertiary/aromatic N) is 2. The van der Waals surface area contributed by atoms with E-state index in [1.54, 1.807) is 17.5 Å². The number of hydrogen-bond acceptors (Lipinski definition) is 5. The average molecular weight is 372 g/mol. The summed E-state index contributed by atoms with van der Waals surface area (Å²) in [4.78, 5) is 20.7. The first kappa shape index (κ1) is 16.0. The first-order valence-electron chi connectivity index (χ1n) is 8.70. The molecule has 2 aromatic carbocycles. The molecule has 4 aromatic rings. The van der Waals surface area contributed by atoms with Crippen LogP contribution in [0.5, 0.6) is 0 Å². The van der Waals surface area contributed by atoms with Gasteiger partial charge in [0.05, 0.1) is 15.7 Å². The zero-order valence-corrected chi connectivity index (χ0v) is 15.2. The number of anilines is 1. The lowest BCUT2D eigenvalue weighted by molar-refractivity contribution is 0.0946. The minimum absolute atomic E-state index is 0.0134. The van der Waals surface area contributed by atoms with Gasteiger partial charge in [-0.1, -0.05) is 18.2 Å². The number of benzene rings is 2. The third-order valence-corrected chi connectivity index (χ3v) is 5.72. The van der Waals surface area contributed by atoms with Crippen molar-refractivity contribution >= 4 is 33.3 Å². The number of thiazole rings is 1. The topological polar surface area (TPSA) is 80.9 Å². The summed E-state index contributed by atoms with van der Waals surface area (Å²) >= 11 is 1.62. The molecule has 0 bridgehead atoms. The monoisotopic (exact) mass is 372 g/mol. The average Bonchev–Trinajstić information content (AvgIpc) is 3.16. The first-order chi connectivity index (χ1) is 13.2. The molecule has 5 rings (SSSR count). The van der Waals surface area contributed by atoms with E-state index in [0.29, 0.717) is 12.4 Å². The number of amides is 1. The van der Waals surface area contributed by atoms with Gasteiger partial charge >= 0.3 is 0 Å². The lowest BCUT2D eigenvalue weighted by atomic mass is 9.94. The van der Waals surface area contributed by atoms with E-state index in [1.165, 1.54) is 0 Å². The fourth-order valence-electron chi connectivity index (χ4n) is 3.49. The van der Waals surface area contributed by atoms with E-state index in [-0.39, 0.29) is 5.91 Å². The second-order valence-corrected chi connectivity index (χ2v) is 7.46. The standard InChI is InChI=1S/C21H16N4OS/c22-20-17(13-1-3-16-14(7-13)5-6-23-21(16)26)8-15(10-24-20)12-2-4-18-19(9-12)27-11-25-18/h1-4,7-11H,5-6H2,(H2,22,24)(H,23,26). The minimum atomic E-state index is -0.0134. The number of nitrogens with two attached hydrogens (primary N) is 1. The number of carbonyl (C=O) groups is 1. The molecule has 0 aliphatic carbocycles. The van der Waals surface area contributed by atoms with Gasteiger partial charge in [-0.2, -0.15) is 0 Å². The molecule has 2 aromatic heterocycles. The fourth-order valence-corrected chi connectivity index (χ4v) is 4.21. The van der Waals surface area contributed by atoms with Crippen molar-refractivity contribution in [3.05, 3.63) is 65.3 Å². The molecule has 0 saturated carbocycles. The summed E-state index contributed by atoms with van der Waals surface area (Å²) in [6.45, 7) is 0.665. The lowest BCUT2D eigenvalue weighted by Gasteiger charge is -2.18. The van der Waals surface area contributed by atoms with E-state index in [4.69, 9.17) is 5.73 Å². The van der Waals surface area contributed by atoms with Gasteiger partial charge in [-0.25, -0.2) is 9.97 Å². The summed E-state index contributed by atoms with van der Waals surface area (Å²) in [6.07, 6.45) is 2.62. The molecule has 3 heterocycles. The van der Waals surface area contributed by atoms with E-state index in [0.717, 1.165) is 50.0 Å². The van der Waals surface area contributed by atoms with Gasteiger partial charge in [0.1, 0.15) is 5.82 Å². The van der Waals surface area contributed by atoms with Crippen molar-refractivity contribution in [2.45, 2.75) is 6.42 Å². The maximum atomic E-state index is 12.0. The highest BCUT2D eigenvalue weighted by atomic mass is 32.1. The molecule has 0 radical (unpaired) electrons. The lowest BCUT2D eigenvalue weighted by Crippen LogP contribution is -2.31. The summed E-state index contributed by atoms with van der Waals surface area (Å²) in [5, 5.41) is 2.87. The third-order valence-electron chi connectivity index (χ3n) is 4.92. The summed E-state index contributed by atoms with van der Waals surface area (Å²) in [5.41, 5.74) is 14.8. The molecule has 3 N–H and O–H groups in total. The van der Waals surface area contributed by atoms with Gasteiger partial charge in [0.25, 0.3) is 5.91 Å². The van der Waals surface area contributed by atoms with Crippen molar-refractivity contribution in [1.29, 1.82) is 0 Å². The van der Waals surface area contributed by atoms with Crippen LogP contribution >= 0.6 is 11.3 Å². The highest BCUT2D eigenvalue weighted by Gasteiger charge is 2.18. The van der Waals surface area contributed by atoms with E-state index < -0.39 is 0 Å². The molecule has 0 atom stereocenters. The van der Waals surface area contributed by atoms with Gasteiger partial charge in [-0.3, -0.25) is 4.79 Å². The van der Waals surface area contributed by atoms with Crippen molar-refractivity contribution in [1.82, 2.24) is 15.3 Å². The molecule has 0 fully saturated rings. The molecular weight excluding hydrogens is 356 g/mol. The fraction of sp³-hybridized carbons (Fsp3) is 0.0952. The summed E-state index contributed by atoms with van der Waals surface area (Å²) in [5.74, 6) is 0.471. The van der Waals surface area contributed by atoms with Crippen molar-refractivity contribution in [2.24, 2.45) is 0 Å². The molecule has 0 saturated heterocycles. The molecule has 1 aliphatic heterocycles. The maximum absolute atomic E-state index is 12.0. The largest absolute Gasteiger partial charge is 0.383 e. The number of rotatable bonds is 2. The second kappa shape index (κ2) is 6.17. The Labute approximate surface area is 159 Å². The Morgan fingerprint density at radius 3 is 2.78 bits per heavy atom. The van der Waals surface area contributed by atoms with E-state index in [1.807, 2.05) is 23.7 Å². The highest BCUT2D eigenvalue weighted by molar-refractivity contribution is 7.16. The Kier molecular flexibility index (Phi) is 3.65. The van der Waals surface area contributed by atoms with Gasteiger partial charge < -0.3 is 11.1 Å². The van der Waals surface area contributed by atoms with Crippen LogP contribution in [0, 0.1) is 0 Å². The van der Waals surface area contributed by atoms with Crippen LogP contribution in [0.2, 0.25) is 0 Å². The predicted octanol–water partition coefficient (Wildman–Crippen LogP) is 3.89. The van der Waals surface area contributed by atoms with E-state index in [2.05, 4.69) is 39.6 Å². The molecule has 1 amide bonds. The number of aromatic nitrogens is 2. The van der Waals surface area contributed by atoms with Crippen LogP contribution in [0.3, 0.4) is 0 Å². The quantitative estimate of drug-likeness (QED) is 0.559. The summed E-state index contributed by atoms with van der Waals surface area (Å²) in [7, 11) is 0. The van der Waals surface area contributed by atoms with Crippen LogP contribution in [-0.4, -0.2) is 22.4 Å². The number of fused-ring (bicyclic) bond motifs is 2. The number of nitrogens with one attached hydrogen (secondary N) is 1. The molecule has 0 spiro atoms. The predicted molar refractivity (Wildman–Crippen MR) is 109 cm³/mol. The smallest absolute Gasteiger partial charge is 0.251 e. The zero-order valence-electron chi connectivity index (χ0n) is 14.4. The normalized spacial score (nSPS) is 13.4. The number of pyridine rings is 1. The van der Waals surface area contributed by atoms with Crippen molar-refractivity contribution in [3.63, 3.8) is 0 Å². The first-order valence-corrected chi connectivity index (χ1v) is 9.58. The van der Waals surface area contributed by atoms with Gasteiger partial charge in [-0.15, -0.1) is 11.3 Å². The number of hydrogen-bond donors (Lipinski definition) is 2. The van der Waals surface area contributed by atoms with Gasteiger partial charge in [-0.05, 0) is 47.4 Å². The van der Waals surface area contributed by atoms with Crippen molar-refractivity contribution in [3.8, 4) is 22.3 Å². The van der Waals surface area contributed by atoms with Crippen LogP contribution in [0.4, 0.5) is 5.82 Å². The van der Waals surface area contributed by atoms with Gasteiger partial charge in [0.15, 0.2) is 0 Å². The summed E-state index contributed by atoms with van der Waals surface area (Å²) < 4.78 is 1.14. The second-order valence-electron chi connectivity index (χ2n) is 6.57. The SMILES string of the molecule is Nc1ncc(-c2ccc3ncsc3c2)cc1-c1ccc2c(c1)CCNC2=O. The number of nitrogen functional groups attached to an aromatic ring is 1. The third kappa shape index (κ3) is 2.74. The maximum Gasteiger partial charge on any atom is 0.251 e. The molecule has 132 valence electrons. The van der Waals surface area contributed by atoms with Gasteiger partial charge in [0, 0.05) is 29.4 Å². The Morgan fingerprint density at radius 2 is 1.85 bits per heavy atom. The van der Waals surface area contributed by atoms with Gasteiger partial charge in [0.2, 0.25) is 0 Å². The molecule has 6 heteroatoms. The Balaban J connectivity index is 1.60. The summed E-state index contributed by atoms with van der Waals surface area (Å²) in [6, 6.07) is 14.1. The van der Waals surface area contributed by atoms with E-state index in [9.17, 15) is 4.79 Å². The van der Waals surface area contributed by atoms with Crippen molar-refractivity contribution < 1.29 is 4.79 Å². The molecule has 27 heavy (non-hydrogen) atoms.